The van der Waals surface area contributed by atoms with E-state index in [1.807, 2.05) is 0 Å². The molecule has 0 saturated carbocycles. The van der Waals surface area contributed by atoms with Crippen LogP contribution in [-0.2, 0) is 14.3 Å². The zero-order chi connectivity index (χ0) is 9.90. The van der Waals surface area contributed by atoms with Gasteiger partial charge in [0.1, 0.15) is 10.6 Å². The lowest BCUT2D eigenvalue weighted by molar-refractivity contribution is 0.444. The van der Waals surface area contributed by atoms with E-state index >= 15 is 0 Å². The maximum atomic E-state index is 11.2. The van der Waals surface area contributed by atoms with Crippen molar-refractivity contribution in [1.29, 1.82) is 0 Å². The molecule has 0 spiro atoms. The smallest absolute Gasteiger partial charge is 0.338 e. The third-order valence-electron chi connectivity index (χ3n) is 1.32. The topological polar surface area (TPSA) is 63.6 Å². The average Bonchev–Trinajstić information content (AvgIpc) is 2.05. The van der Waals surface area contributed by atoms with Crippen LogP contribution >= 0.6 is 0 Å². The molecule has 13 heavy (non-hydrogen) atoms. The van der Waals surface area contributed by atoms with Gasteiger partial charge in [-0.15, -0.1) is 0 Å². The molecule has 70 valence electrons. The Hall–Kier alpha value is -1.49. The number of rotatable bonds is 3. The van der Waals surface area contributed by atoms with E-state index in [9.17, 15) is 8.42 Å². The van der Waals surface area contributed by atoms with Crippen molar-refractivity contribution in [2.45, 2.75) is 4.90 Å². The molecule has 0 heterocycles. The SMILES string of the molecule is C=COS(=O)(=O)c1ccc(O)cc1. The number of phenolic OH excluding ortho intramolecular Hbond substituents is 1. The molecule has 1 aromatic rings. The molecule has 1 rings (SSSR count). The van der Waals surface area contributed by atoms with E-state index in [4.69, 9.17) is 5.11 Å². The van der Waals surface area contributed by atoms with Gasteiger partial charge in [0.05, 0.1) is 6.26 Å². The number of phenols is 1. The van der Waals surface area contributed by atoms with Crippen molar-refractivity contribution in [2.24, 2.45) is 0 Å². The van der Waals surface area contributed by atoms with Crippen LogP contribution in [0.5, 0.6) is 5.75 Å². The lowest BCUT2D eigenvalue weighted by Crippen LogP contribution is -2.01. The molecular formula is C8H8O4S. The van der Waals surface area contributed by atoms with Crippen molar-refractivity contribution in [1.82, 2.24) is 0 Å². The Kier molecular flexibility index (Phi) is 2.57. The van der Waals surface area contributed by atoms with Crippen molar-refractivity contribution in [3.8, 4) is 5.75 Å². The summed E-state index contributed by atoms with van der Waals surface area (Å²) in [5, 5.41) is 8.90. The Morgan fingerprint density at radius 1 is 1.31 bits per heavy atom. The normalized spacial score (nSPS) is 10.8. The van der Waals surface area contributed by atoms with Crippen LogP contribution in [0.15, 0.2) is 42.0 Å². The van der Waals surface area contributed by atoms with Crippen LogP contribution in [0.3, 0.4) is 0 Å². The summed E-state index contributed by atoms with van der Waals surface area (Å²) in [7, 11) is -3.76. The highest BCUT2D eigenvalue weighted by atomic mass is 32.2. The first-order chi connectivity index (χ1) is 6.06. The average molecular weight is 200 g/mol. The first-order valence-corrected chi connectivity index (χ1v) is 4.80. The Balaban J connectivity index is 3.08. The summed E-state index contributed by atoms with van der Waals surface area (Å²) in [6.45, 7) is 3.14. The van der Waals surface area contributed by atoms with E-state index in [1.165, 1.54) is 24.3 Å². The first-order valence-electron chi connectivity index (χ1n) is 3.39. The molecule has 0 aliphatic carbocycles. The van der Waals surface area contributed by atoms with Gasteiger partial charge in [-0.2, -0.15) is 8.42 Å². The van der Waals surface area contributed by atoms with Crippen LogP contribution in [-0.4, -0.2) is 13.5 Å². The number of aromatic hydroxyl groups is 1. The molecule has 1 N–H and O–H groups in total. The van der Waals surface area contributed by atoms with Gasteiger partial charge in [0.25, 0.3) is 0 Å². The molecule has 0 aromatic heterocycles. The largest absolute Gasteiger partial charge is 0.508 e. The van der Waals surface area contributed by atoms with Gasteiger partial charge in [-0.05, 0) is 24.3 Å². The standard InChI is InChI=1S/C8H8O4S/c1-2-12-13(10,11)8-5-3-7(9)4-6-8/h2-6,9H,1H2. The van der Waals surface area contributed by atoms with Gasteiger partial charge in [-0.1, -0.05) is 6.58 Å². The Morgan fingerprint density at radius 2 is 1.85 bits per heavy atom. The van der Waals surface area contributed by atoms with Gasteiger partial charge < -0.3 is 9.29 Å². The highest BCUT2D eigenvalue weighted by Crippen LogP contribution is 2.16. The third-order valence-corrected chi connectivity index (χ3v) is 2.56. The molecule has 0 saturated heterocycles. The summed E-state index contributed by atoms with van der Waals surface area (Å²) >= 11 is 0. The summed E-state index contributed by atoms with van der Waals surface area (Å²) in [6.07, 6.45) is 0.836. The van der Waals surface area contributed by atoms with Crippen LogP contribution in [0.25, 0.3) is 0 Å². The molecule has 0 atom stereocenters. The minimum Gasteiger partial charge on any atom is -0.508 e. The third kappa shape index (κ3) is 2.22. The molecule has 0 bridgehead atoms. The molecule has 1 aromatic carbocycles. The van der Waals surface area contributed by atoms with Crippen molar-refractivity contribution in [2.75, 3.05) is 0 Å². The van der Waals surface area contributed by atoms with E-state index < -0.39 is 10.1 Å². The van der Waals surface area contributed by atoms with Gasteiger partial charge in [-0.25, -0.2) is 0 Å². The van der Waals surface area contributed by atoms with Crippen molar-refractivity contribution < 1.29 is 17.7 Å². The summed E-state index contributed by atoms with van der Waals surface area (Å²) in [5.41, 5.74) is 0. The van der Waals surface area contributed by atoms with Crippen LogP contribution in [0.4, 0.5) is 0 Å². The summed E-state index contributed by atoms with van der Waals surface area (Å²) in [4.78, 5) is -0.0230. The molecule has 0 aliphatic rings. The van der Waals surface area contributed by atoms with Gasteiger partial charge >= 0.3 is 10.1 Å². The Morgan fingerprint density at radius 3 is 2.31 bits per heavy atom. The van der Waals surface area contributed by atoms with Crippen LogP contribution < -0.4 is 0 Å². The lowest BCUT2D eigenvalue weighted by atomic mass is 10.3. The van der Waals surface area contributed by atoms with E-state index in [-0.39, 0.29) is 10.6 Å². The molecule has 0 fully saturated rings. The molecule has 0 aliphatic heterocycles. The monoisotopic (exact) mass is 200 g/mol. The Bertz CT molecular complexity index is 391. The lowest BCUT2D eigenvalue weighted by Gasteiger charge is -2.01. The highest BCUT2D eigenvalue weighted by molar-refractivity contribution is 7.86. The molecule has 0 amide bonds. The molecule has 0 radical (unpaired) electrons. The predicted octanol–water partition coefficient (Wildman–Crippen LogP) is 1.24. The van der Waals surface area contributed by atoms with Crippen molar-refractivity contribution >= 4 is 10.1 Å². The second-order valence-corrected chi connectivity index (χ2v) is 3.78. The molecule has 4 nitrogen and oxygen atoms in total. The second kappa shape index (κ2) is 3.49. The zero-order valence-corrected chi connectivity index (χ0v) is 7.49. The van der Waals surface area contributed by atoms with Crippen LogP contribution in [0.1, 0.15) is 0 Å². The van der Waals surface area contributed by atoms with Gasteiger partial charge in [0, 0.05) is 0 Å². The van der Waals surface area contributed by atoms with Crippen LogP contribution in [0, 0.1) is 0 Å². The predicted molar refractivity (Wildman–Crippen MR) is 46.6 cm³/mol. The van der Waals surface area contributed by atoms with Crippen molar-refractivity contribution in [3.05, 3.63) is 37.1 Å². The summed E-state index contributed by atoms with van der Waals surface area (Å²) < 4.78 is 26.6. The highest BCUT2D eigenvalue weighted by Gasteiger charge is 2.12. The number of hydrogen-bond donors (Lipinski definition) is 1. The number of benzene rings is 1. The quantitative estimate of drug-likeness (QED) is 0.589. The van der Waals surface area contributed by atoms with Gasteiger partial charge in [0.15, 0.2) is 0 Å². The fourth-order valence-corrected chi connectivity index (χ4v) is 1.52. The first kappa shape index (κ1) is 9.60. The van der Waals surface area contributed by atoms with E-state index in [0.717, 1.165) is 6.26 Å². The maximum Gasteiger partial charge on any atom is 0.338 e. The van der Waals surface area contributed by atoms with Gasteiger partial charge in [0.2, 0.25) is 0 Å². The molecular weight excluding hydrogens is 192 g/mol. The van der Waals surface area contributed by atoms with Crippen molar-refractivity contribution in [3.63, 3.8) is 0 Å². The fourth-order valence-electron chi connectivity index (χ4n) is 0.758. The van der Waals surface area contributed by atoms with E-state index in [2.05, 4.69) is 10.8 Å². The van der Waals surface area contributed by atoms with E-state index in [0.29, 0.717) is 0 Å². The van der Waals surface area contributed by atoms with E-state index in [1.54, 1.807) is 0 Å². The molecule has 0 unspecified atom stereocenters. The minimum atomic E-state index is -3.76. The second-order valence-electron chi connectivity index (χ2n) is 2.21. The summed E-state index contributed by atoms with van der Waals surface area (Å²) in [6, 6.07) is 5.01. The van der Waals surface area contributed by atoms with Crippen LogP contribution in [0.2, 0.25) is 0 Å². The molecule has 5 heteroatoms. The maximum absolute atomic E-state index is 11.2. The Labute approximate surface area is 76.2 Å². The fraction of sp³-hybridized carbons (Fsp3) is 0. The van der Waals surface area contributed by atoms with Gasteiger partial charge in [-0.3, -0.25) is 0 Å². The zero-order valence-electron chi connectivity index (χ0n) is 6.67. The summed E-state index contributed by atoms with van der Waals surface area (Å²) in [5.74, 6) is -0.00227. The number of hydrogen-bond acceptors (Lipinski definition) is 4. The minimum absolute atomic E-state index is 0.00227.